The molecule has 0 atom stereocenters. The highest BCUT2D eigenvalue weighted by molar-refractivity contribution is 9.10. The van der Waals surface area contributed by atoms with Crippen molar-refractivity contribution in [2.75, 3.05) is 0 Å². The van der Waals surface area contributed by atoms with Gasteiger partial charge in [-0.2, -0.15) is 0 Å². The molecule has 3 nitrogen and oxygen atoms in total. The van der Waals surface area contributed by atoms with Crippen LogP contribution < -0.4 is 4.74 Å². The Bertz CT molecular complexity index is 729. The summed E-state index contributed by atoms with van der Waals surface area (Å²) in [6.07, 6.45) is 0. The summed E-state index contributed by atoms with van der Waals surface area (Å²) in [5, 5.41) is 20.3. The minimum atomic E-state index is -0.902. The monoisotopic (exact) mass is 392 g/mol. The predicted octanol–water partition coefficient (Wildman–Crippen LogP) is 5.31. The van der Waals surface area contributed by atoms with Gasteiger partial charge >= 0.3 is 0 Å². The van der Waals surface area contributed by atoms with E-state index in [4.69, 9.17) is 4.74 Å². The van der Waals surface area contributed by atoms with Crippen molar-refractivity contribution < 1.29 is 14.9 Å². The molecule has 0 saturated heterocycles. The van der Waals surface area contributed by atoms with Crippen molar-refractivity contribution in [1.82, 2.24) is 0 Å². The lowest BCUT2D eigenvalue weighted by molar-refractivity contribution is 0.0780. The second kappa shape index (κ2) is 6.51. The summed E-state index contributed by atoms with van der Waals surface area (Å²) in [7, 11) is 0. The van der Waals surface area contributed by atoms with E-state index in [0.29, 0.717) is 5.75 Å². The third kappa shape index (κ3) is 4.18. The van der Waals surface area contributed by atoms with E-state index in [0.717, 1.165) is 32.5 Å². The van der Waals surface area contributed by atoms with Gasteiger partial charge in [0.15, 0.2) is 0 Å². The van der Waals surface area contributed by atoms with Crippen LogP contribution in [0.15, 0.2) is 34.8 Å². The van der Waals surface area contributed by atoms with Gasteiger partial charge in [-0.25, -0.2) is 0 Å². The molecule has 0 radical (unpaired) electrons. The molecule has 24 heavy (non-hydrogen) atoms. The summed E-state index contributed by atoms with van der Waals surface area (Å²) < 4.78 is 6.88. The molecule has 2 rings (SSSR count). The molecule has 0 fully saturated rings. The summed E-state index contributed by atoms with van der Waals surface area (Å²) in [6.45, 7) is 11.0. The topological polar surface area (TPSA) is 49.7 Å². The first kappa shape index (κ1) is 19.0. The largest absolute Gasteiger partial charge is 0.456 e. The van der Waals surface area contributed by atoms with E-state index in [2.05, 4.69) is 15.9 Å². The van der Waals surface area contributed by atoms with Crippen molar-refractivity contribution >= 4 is 15.9 Å². The Morgan fingerprint density at radius 3 is 1.75 bits per heavy atom. The Balaban J connectivity index is 2.39. The van der Waals surface area contributed by atoms with Crippen LogP contribution in [0.25, 0.3) is 0 Å². The molecule has 2 aromatic rings. The van der Waals surface area contributed by atoms with E-state index >= 15 is 0 Å². The van der Waals surface area contributed by atoms with E-state index in [-0.39, 0.29) is 0 Å². The molecule has 0 heterocycles. The third-order valence-corrected chi connectivity index (χ3v) is 4.64. The Hall–Kier alpha value is -1.36. The molecule has 0 aliphatic carbocycles. The number of hydrogen-bond donors (Lipinski definition) is 2. The van der Waals surface area contributed by atoms with Crippen molar-refractivity contribution in [3.8, 4) is 11.5 Å². The first-order chi connectivity index (χ1) is 10.9. The average Bonchev–Trinajstić information content (AvgIpc) is 2.41. The summed E-state index contributed by atoms with van der Waals surface area (Å²) in [5.41, 5.74) is 1.81. The summed E-state index contributed by atoms with van der Waals surface area (Å²) in [4.78, 5) is 0. The highest BCUT2D eigenvalue weighted by Gasteiger charge is 2.20. The Morgan fingerprint density at radius 1 is 0.833 bits per heavy atom. The highest BCUT2D eigenvalue weighted by atomic mass is 79.9. The lowest BCUT2D eigenvalue weighted by Crippen LogP contribution is -2.16. The zero-order valence-corrected chi connectivity index (χ0v) is 16.7. The number of aryl methyl sites for hydroxylation is 2. The molecule has 130 valence electrons. The number of aliphatic hydroxyl groups is 2. The molecule has 0 bridgehead atoms. The molecular formula is C20H25BrO3. The van der Waals surface area contributed by atoms with Gasteiger partial charge in [-0.15, -0.1) is 0 Å². The first-order valence-electron chi connectivity index (χ1n) is 7.94. The van der Waals surface area contributed by atoms with Gasteiger partial charge in [0.25, 0.3) is 0 Å². The second-order valence-electron chi connectivity index (χ2n) is 7.30. The lowest BCUT2D eigenvalue weighted by Gasteiger charge is -2.22. The average molecular weight is 393 g/mol. The number of ether oxygens (including phenoxy) is 1. The summed E-state index contributed by atoms with van der Waals surface area (Å²) >= 11 is 3.52. The normalized spacial score (nSPS) is 12.4. The number of benzene rings is 2. The Morgan fingerprint density at radius 2 is 1.33 bits per heavy atom. The van der Waals surface area contributed by atoms with Gasteiger partial charge in [-0.05, 0) is 104 Å². The third-order valence-electron chi connectivity index (χ3n) is 4.02. The molecule has 4 heteroatoms. The van der Waals surface area contributed by atoms with Crippen LogP contribution in [0, 0.1) is 13.8 Å². The van der Waals surface area contributed by atoms with E-state index < -0.39 is 11.2 Å². The Labute approximate surface area is 152 Å². The van der Waals surface area contributed by atoms with Crippen LogP contribution in [0.5, 0.6) is 11.5 Å². The van der Waals surface area contributed by atoms with Crippen molar-refractivity contribution in [3.63, 3.8) is 0 Å². The van der Waals surface area contributed by atoms with Crippen LogP contribution in [0.1, 0.15) is 49.9 Å². The fourth-order valence-electron chi connectivity index (χ4n) is 2.54. The van der Waals surface area contributed by atoms with E-state index in [1.54, 1.807) is 27.7 Å². The molecule has 0 aliphatic rings. The molecule has 0 saturated carbocycles. The lowest BCUT2D eigenvalue weighted by atomic mass is 9.94. The van der Waals surface area contributed by atoms with Gasteiger partial charge in [0.2, 0.25) is 0 Å². The van der Waals surface area contributed by atoms with Gasteiger partial charge in [-0.1, -0.05) is 6.07 Å². The first-order valence-corrected chi connectivity index (χ1v) is 8.73. The minimum absolute atomic E-state index is 0.685. The minimum Gasteiger partial charge on any atom is -0.456 e. The SMILES string of the molecule is Cc1cc(C(C)(C)O)cc(C)c1Oc1ccc(C(C)(C)O)cc1Br. The summed E-state index contributed by atoms with van der Waals surface area (Å²) in [6, 6.07) is 9.46. The van der Waals surface area contributed by atoms with Gasteiger partial charge in [0, 0.05) is 0 Å². The molecule has 0 spiro atoms. The summed E-state index contributed by atoms with van der Waals surface area (Å²) in [5.74, 6) is 1.46. The van der Waals surface area contributed by atoms with Crippen LogP contribution >= 0.6 is 15.9 Å². The van der Waals surface area contributed by atoms with Gasteiger partial charge < -0.3 is 14.9 Å². The van der Waals surface area contributed by atoms with Crippen molar-refractivity contribution in [1.29, 1.82) is 0 Å². The van der Waals surface area contributed by atoms with Crippen LogP contribution in [-0.4, -0.2) is 10.2 Å². The number of hydrogen-bond acceptors (Lipinski definition) is 3. The molecule has 0 aliphatic heterocycles. The van der Waals surface area contributed by atoms with E-state index in [1.165, 1.54) is 0 Å². The highest BCUT2D eigenvalue weighted by Crippen LogP contribution is 2.37. The maximum Gasteiger partial charge on any atom is 0.141 e. The molecule has 0 amide bonds. The molecular weight excluding hydrogens is 368 g/mol. The fourth-order valence-corrected chi connectivity index (χ4v) is 3.00. The smallest absolute Gasteiger partial charge is 0.141 e. The molecule has 0 aromatic heterocycles. The number of rotatable bonds is 4. The van der Waals surface area contributed by atoms with E-state index in [9.17, 15) is 10.2 Å². The van der Waals surface area contributed by atoms with Crippen LogP contribution in [0.3, 0.4) is 0 Å². The fraction of sp³-hybridized carbons (Fsp3) is 0.400. The van der Waals surface area contributed by atoms with Gasteiger partial charge in [0.1, 0.15) is 11.5 Å². The van der Waals surface area contributed by atoms with Gasteiger partial charge in [-0.3, -0.25) is 0 Å². The van der Waals surface area contributed by atoms with Crippen molar-refractivity contribution in [2.45, 2.75) is 52.7 Å². The molecule has 2 aromatic carbocycles. The zero-order chi connectivity index (χ0) is 18.3. The van der Waals surface area contributed by atoms with Crippen molar-refractivity contribution in [2.24, 2.45) is 0 Å². The Kier molecular flexibility index (Phi) is 5.14. The predicted molar refractivity (Wildman–Crippen MR) is 101 cm³/mol. The standard InChI is InChI=1S/C20H25BrO3/c1-12-9-15(20(5,6)23)10-13(2)18(12)24-17-8-7-14(11-16(17)21)19(3,4)22/h7-11,22-23H,1-6H3. The van der Waals surface area contributed by atoms with Gasteiger partial charge in [0.05, 0.1) is 15.7 Å². The maximum absolute atomic E-state index is 10.2. The van der Waals surface area contributed by atoms with Crippen LogP contribution in [0.4, 0.5) is 0 Å². The zero-order valence-electron chi connectivity index (χ0n) is 15.1. The van der Waals surface area contributed by atoms with Crippen molar-refractivity contribution in [3.05, 3.63) is 57.1 Å². The quantitative estimate of drug-likeness (QED) is 0.740. The maximum atomic E-state index is 10.2. The van der Waals surface area contributed by atoms with E-state index in [1.807, 2.05) is 44.2 Å². The number of halogens is 1. The second-order valence-corrected chi connectivity index (χ2v) is 8.16. The molecule has 2 N–H and O–H groups in total. The molecule has 0 unspecified atom stereocenters. The van der Waals surface area contributed by atoms with Crippen LogP contribution in [0.2, 0.25) is 0 Å². The van der Waals surface area contributed by atoms with Crippen LogP contribution in [-0.2, 0) is 11.2 Å².